The van der Waals surface area contributed by atoms with Crippen LogP contribution < -0.4 is 16.4 Å². The maximum Gasteiger partial charge on any atom is 0.490 e. The van der Waals surface area contributed by atoms with E-state index in [0.717, 1.165) is 11.3 Å². The van der Waals surface area contributed by atoms with Gasteiger partial charge in [-0.2, -0.15) is 13.2 Å². The van der Waals surface area contributed by atoms with E-state index in [9.17, 15) is 22.8 Å². The van der Waals surface area contributed by atoms with Gasteiger partial charge in [0.2, 0.25) is 11.8 Å². The van der Waals surface area contributed by atoms with Crippen molar-refractivity contribution >= 4 is 23.5 Å². The minimum Gasteiger partial charge on any atom is -0.475 e. The molecule has 0 saturated carbocycles. The zero-order chi connectivity index (χ0) is 18.5. The lowest BCUT2D eigenvalue weighted by molar-refractivity contribution is -0.192. The zero-order valence-electron chi connectivity index (χ0n) is 12.4. The molecule has 0 bridgehead atoms. The smallest absolute Gasteiger partial charge is 0.475 e. The Labute approximate surface area is 135 Å². The molecule has 2 amide bonds. The normalized spacial score (nSPS) is 16.8. The van der Waals surface area contributed by atoms with Gasteiger partial charge in [-0.3, -0.25) is 9.59 Å². The molecule has 7 nitrogen and oxygen atoms in total. The van der Waals surface area contributed by atoms with Crippen molar-refractivity contribution in [3.8, 4) is 0 Å². The van der Waals surface area contributed by atoms with E-state index in [0.29, 0.717) is 19.5 Å². The van der Waals surface area contributed by atoms with E-state index in [1.54, 1.807) is 4.90 Å². The molecule has 0 radical (unpaired) electrons. The molecule has 2 rings (SSSR count). The molecule has 0 aliphatic carbocycles. The number of carboxylic acid groups (broad SMARTS) is 1. The van der Waals surface area contributed by atoms with Crippen LogP contribution in [0.2, 0.25) is 0 Å². The Morgan fingerprint density at radius 1 is 1.29 bits per heavy atom. The zero-order valence-corrected chi connectivity index (χ0v) is 12.4. The molecular weight excluding hydrogens is 331 g/mol. The van der Waals surface area contributed by atoms with Crippen LogP contribution in [0.3, 0.4) is 0 Å². The summed E-state index contributed by atoms with van der Waals surface area (Å²) in [6, 6.07) is 7.51. The summed E-state index contributed by atoms with van der Waals surface area (Å²) in [5.74, 6) is -4.35. The van der Waals surface area contributed by atoms with Crippen molar-refractivity contribution in [1.29, 1.82) is 0 Å². The fourth-order valence-electron chi connectivity index (χ4n) is 2.14. The van der Waals surface area contributed by atoms with Crippen LogP contribution in [-0.2, 0) is 20.8 Å². The summed E-state index contributed by atoms with van der Waals surface area (Å²) >= 11 is 0. The van der Waals surface area contributed by atoms with Crippen LogP contribution in [0.1, 0.15) is 5.56 Å². The van der Waals surface area contributed by atoms with Crippen LogP contribution in [0.4, 0.5) is 18.9 Å². The second-order valence-electron chi connectivity index (χ2n) is 4.87. The number of carbonyl (C=O) groups excluding carboxylic acids is 2. The van der Waals surface area contributed by atoms with Crippen LogP contribution in [0, 0.1) is 5.92 Å². The van der Waals surface area contributed by atoms with Crippen LogP contribution >= 0.6 is 0 Å². The van der Waals surface area contributed by atoms with Gasteiger partial charge in [0.25, 0.3) is 0 Å². The van der Waals surface area contributed by atoms with Crippen molar-refractivity contribution in [1.82, 2.24) is 0 Å². The van der Waals surface area contributed by atoms with Crippen LogP contribution in [0.15, 0.2) is 24.3 Å². The molecule has 1 aromatic carbocycles. The number of hydrogen-bond acceptors (Lipinski definition) is 4. The van der Waals surface area contributed by atoms with Crippen LogP contribution in [0.25, 0.3) is 0 Å². The largest absolute Gasteiger partial charge is 0.490 e. The number of primary amides is 1. The average Bonchev–Trinajstić information content (AvgIpc) is 2.49. The van der Waals surface area contributed by atoms with Gasteiger partial charge in [-0.15, -0.1) is 0 Å². The number of fused-ring (bicyclic) bond motifs is 1. The maximum atomic E-state index is 12.1. The molecule has 1 atom stereocenters. The van der Waals surface area contributed by atoms with Gasteiger partial charge in [-0.05, 0) is 18.1 Å². The second kappa shape index (κ2) is 7.77. The predicted octanol–water partition coefficient (Wildman–Crippen LogP) is 0.269. The summed E-state index contributed by atoms with van der Waals surface area (Å²) in [5.41, 5.74) is 12.5. The number of alkyl halides is 3. The number of halogens is 3. The summed E-state index contributed by atoms with van der Waals surface area (Å²) in [7, 11) is 0. The van der Waals surface area contributed by atoms with E-state index in [4.69, 9.17) is 21.4 Å². The summed E-state index contributed by atoms with van der Waals surface area (Å²) in [5, 5.41) is 7.12. The lowest BCUT2D eigenvalue weighted by Gasteiger charge is -2.32. The molecule has 10 heteroatoms. The number of anilines is 1. The van der Waals surface area contributed by atoms with Crippen LogP contribution in [-0.4, -0.2) is 42.2 Å². The third-order valence-corrected chi connectivity index (χ3v) is 3.21. The van der Waals surface area contributed by atoms with Gasteiger partial charge in [-0.1, -0.05) is 18.2 Å². The van der Waals surface area contributed by atoms with Crippen LogP contribution in [0.5, 0.6) is 0 Å². The Balaban J connectivity index is 0.000000351. The van der Waals surface area contributed by atoms with E-state index < -0.39 is 24.0 Å². The van der Waals surface area contributed by atoms with Crippen molar-refractivity contribution in [3.63, 3.8) is 0 Å². The Hall–Kier alpha value is -2.62. The summed E-state index contributed by atoms with van der Waals surface area (Å²) in [6.07, 6.45) is -4.70. The molecule has 24 heavy (non-hydrogen) atoms. The SMILES string of the molecule is NCCN1C(=O)C(C(N)=O)Cc2ccccc21.O=C(O)C(F)(F)F. The Bertz CT molecular complexity index is 634. The van der Waals surface area contributed by atoms with Gasteiger partial charge in [0, 0.05) is 18.8 Å². The summed E-state index contributed by atoms with van der Waals surface area (Å²) < 4.78 is 31.7. The first kappa shape index (κ1) is 19.4. The van der Waals surface area contributed by atoms with E-state index in [-0.39, 0.29) is 5.91 Å². The number of carboxylic acids is 1. The van der Waals surface area contributed by atoms with Crippen molar-refractivity contribution in [2.75, 3.05) is 18.0 Å². The molecule has 0 fully saturated rings. The summed E-state index contributed by atoms with van der Waals surface area (Å²) in [6.45, 7) is 0.755. The van der Waals surface area contributed by atoms with E-state index in [1.807, 2.05) is 24.3 Å². The Kier molecular flexibility index (Phi) is 6.29. The lowest BCUT2D eigenvalue weighted by Crippen LogP contribution is -2.48. The highest BCUT2D eigenvalue weighted by atomic mass is 19.4. The number of aliphatic carboxylic acids is 1. The molecule has 1 aliphatic rings. The first-order valence-corrected chi connectivity index (χ1v) is 6.78. The summed E-state index contributed by atoms with van der Waals surface area (Å²) in [4.78, 5) is 33.8. The highest BCUT2D eigenvalue weighted by Crippen LogP contribution is 2.29. The highest BCUT2D eigenvalue weighted by molar-refractivity contribution is 6.09. The second-order valence-corrected chi connectivity index (χ2v) is 4.87. The van der Waals surface area contributed by atoms with E-state index >= 15 is 0 Å². The topological polar surface area (TPSA) is 127 Å². The number of carbonyl (C=O) groups is 3. The minimum atomic E-state index is -5.08. The van der Waals surface area contributed by atoms with Gasteiger partial charge in [0.15, 0.2) is 0 Å². The number of rotatable bonds is 3. The highest BCUT2D eigenvalue weighted by Gasteiger charge is 2.38. The number of hydrogen-bond donors (Lipinski definition) is 3. The first-order chi connectivity index (χ1) is 11.1. The molecular formula is C14H16F3N3O4. The van der Waals surface area contributed by atoms with Gasteiger partial charge in [0.1, 0.15) is 5.92 Å². The molecule has 1 aromatic rings. The molecule has 0 spiro atoms. The standard InChI is InChI=1S/C12H15N3O2.C2HF3O2/c13-5-6-15-10-4-2-1-3-8(10)7-9(11(14)16)12(15)17;3-2(4,5)1(6)7/h1-4,9H,5-7,13H2,(H2,14,16);(H,6,7). The van der Waals surface area contributed by atoms with Gasteiger partial charge >= 0.3 is 12.1 Å². The molecule has 5 N–H and O–H groups in total. The maximum absolute atomic E-state index is 12.1. The predicted molar refractivity (Wildman–Crippen MR) is 77.9 cm³/mol. The molecule has 0 saturated heterocycles. The van der Waals surface area contributed by atoms with Crippen molar-refractivity contribution in [2.45, 2.75) is 12.6 Å². The Morgan fingerprint density at radius 3 is 2.29 bits per heavy atom. The number of nitrogens with two attached hydrogens (primary N) is 2. The van der Waals surface area contributed by atoms with Crippen molar-refractivity contribution in [3.05, 3.63) is 29.8 Å². The van der Waals surface area contributed by atoms with E-state index in [2.05, 4.69) is 0 Å². The number of amides is 2. The van der Waals surface area contributed by atoms with Gasteiger partial charge < -0.3 is 21.5 Å². The van der Waals surface area contributed by atoms with Crippen molar-refractivity contribution < 1.29 is 32.7 Å². The lowest BCUT2D eigenvalue weighted by atomic mass is 9.91. The quantitative estimate of drug-likeness (QED) is 0.677. The molecule has 1 heterocycles. The third-order valence-electron chi connectivity index (χ3n) is 3.21. The van der Waals surface area contributed by atoms with Gasteiger partial charge in [-0.25, -0.2) is 4.79 Å². The third kappa shape index (κ3) is 4.69. The molecule has 0 aromatic heterocycles. The Morgan fingerprint density at radius 2 is 1.83 bits per heavy atom. The monoisotopic (exact) mass is 347 g/mol. The molecule has 1 unspecified atom stereocenters. The number of para-hydroxylation sites is 1. The number of nitrogens with zero attached hydrogens (tertiary/aromatic N) is 1. The average molecular weight is 347 g/mol. The first-order valence-electron chi connectivity index (χ1n) is 6.78. The fraction of sp³-hybridized carbons (Fsp3) is 0.357. The van der Waals surface area contributed by atoms with E-state index in [1.165, 1.54) is 0 Å². The molecule has 1 aliphatic heterocycles. The van der Waals surface area contributed by atoms with Gasteiger partial charge in [0.05, 0.1) is 0 Å². The van der Waals surface area contributed by atoms with Crippen molar-refractivity contribution in [2.24, 2.45) is 17.4 Å². The minimum absolute atomic E-state index is 0.248. The number of benzene rings is 1. The molecule has 132 valence electrons. The fourth-order valence-corrected chi connectivity index (χ4v) is 2.14.